The van der Waals surface area contributed by atoms with Crippen LogP contribution in [-0.2, 0) is 6.54 Å². The number of anilines is 1. The molecule has 0 aliphatic carbocycles. The summed E-state index contributed by atoms with van der Waals surface area (Å²) in [5.74, 6) is 0.940. The Labute approximate surface area is 129 Å². The zero-order chi connectivity index (χ0) is 15.8. The molecule has 0 atom stereocenters. The fourth-order valence-corrected chi connectivity index (χ4v) is 2.48. The summed E-state index contributed by atoms with van der Waals surface area (Å²) < 4.78 is 14.4. The highest BCUT2D eigenvalue weighted by Gasteiger charge is 2.14. The van der Waals surface area contributed by atoms with Crippen LogP contribution in [0.4, 0.5) is 10.1 Å². The van der Waals surface area contributed by atoms with Crippen molar-refractivity contribution in [1.82, 2.24) is 5.32 Å². The Morgan fingerprint density at radius 2 is 1.71 bits per heavy atom. The van der Waals surface area contributed by atoms with Crippen LogP contribution in [0, 0.1) is 17.7 Å². The molecule has 0 amide bonds. The van der Waals surface area contributed by atoms with Crippen molar-refractivity contribution in [3.05, 3.63) is 29.6 Å². The predicted molar refractivity (Wildman–Crippen MR) is 90.3 cm³/mol. The van der Waals surface area contributed by atoms with E-state index in [0.717, 1.165) is 43.9 Å². The molecule has 120 valence electrons. The van der Waals surface area contributed by atoms with Crippen LogP contribution in [-0.4, -0.2) is 19.6 Å². The molecule has 1 aromatic carbocycles. The molecule has 0 spiro atoms. The molecule has 0 saturated heterocycles. The van der Waals surface area contributed by atoms with Gasteiger partial charge in [-0.15, -0.1) is 0 Å². The topological polar surface area (TPSA) is 15.3 Å². The third-order valence-corrected chi connectivity index (χ3v) is 3.28. The van der Waals surface area contributed by atoms with Crippen LogP contribution in [0.2, 0.25) is 0 Å². The van der Waals surface area contributed by atoms with Gasteiger partial charge in [0.15, 0.2) is 0 Å². The number of halogens is 1. The molecule has 0 radical (unpaired) electrons. The standard InChI is InChI=1S/C18H31FN2/c1-6-9-20-11-16-7-8-18(17(19)10-16)21(12-14(2)3)13-15(4)5/h7-8,10,14-15,20H,6,9,11-13H2,1-5H3. The van der Waals surface area contributed by atoms with E-state index in [1.807, 2.05) is 12.1 Å². The van der Waals surface area contributed by atoms with E-state index in [1.54, 1.807) is 6.07 Å². The van der Waals surface area contributed by atoms with Gasteiger partial charge in [-0.1, -0.05) is 40.7 Å². The number of rotatable bonds is 9. The molecule has 1 rings (SSSR count). The van der Waals surface area contributed by atoms with E-state index in [4.69, 9.17) is 0 Å². The molecule has 0 heterocycles. The maximum Gasteiger partial charge on any atom is 0.146 e. The summed E-state index contributed by atoms with van der Waals surface area (Å²) in [7, 11) is 0. The van der Waals surface area contributed by atoms with Gasteiger partial charge in [0, 0.05) is 19.6 Å². The van der Waals surface area contributed by atoms with Gasteiger partial charge in [0.05, 0.1) is 5.69 Å². The second kappa shape index (κ2) is 9.04. The molecule has 21 heavy (non-hydrogen) atoms. The van der Waals surface area contributed by atoms with Gasteiger partial charge in [-0.3, -0.25) is 0 Å². The summed E-state index contributed by atoms with van der Waals surface area (Å²) in [5, 5.41) is 3.31. The summed E-state index contributed by atoms with van der Waals surface area (Å²) in [6.07, 6.45) is 1.09. The lowest BCUT2D eigenvalue weighted by Gasteiger charge is -2.29. The third-order valence-electron chi connectivity index (χ3n) is 3.28. The molecule has 0 saturated carbocycles. The van der Waals surface area contributed by atoms with Crippen LogP contribution in [0.3, 0.4) is 0 Å². The number of hydrogen-bond acceptors (Lipinski definition) is 2. The monoisotopic (exact) mass is 294 g/mol. The second-order valence-electron chi connectivity index (χ2n) is 6.66. The first-order valence-electron chi connectivity index (χ1n) is 8.18. The highest BCUT2D eigenvalue weighted by molar-refractivity contribution is 5.49. The van der Waals surface area contributed by atoms with Crippen LogP contribution in [0.1, 0.15) is 46.6 Å². The van der Waals surface area contributed by atoms with Gasteiger partial charge in [0.25, 0.3) is 0 Å². The predicted octanol–water partition coefficient (Wildman–Crippen LogP) is 4.44. The molecular weight excluding hydrogens is 263 g/mol. The summed E-state index contributed by atoms with van der Waals surface area (Å²) in [6.45, 7) is 14.3. The lowest BCUT2D eigenvalue weighted by Crippen LogP contribution is -2.32. The summed E-state index contributed by atoms with van der Waals surface area (Å²) in [4.78, 5) is 2.17. The van der Waals surface area contributed by atoms with Crippen molar-refractivity contribution < 1.29 is 4.39 Å². The number of benzene rings is 1. The van der Waals surface area contributed by atoms with Crippen LogP contribution < -0.4 is 10.2 Å². The van der Waals surface area contributed by atoms with E-state index in [2.05, 4.69) is 44.8 Å². The summed E-state index contributed by atoms with van der Waals surface area (Å²) >= 11 is 0. The van der Waals surface area contributed by atoms with Gasteiger partial charge in [-0.25, -0.2) is 4.39 Å². The third kappa shape index (κ3) is 6.47. The van der Waals surface area contributed by atoms with Crippen molar-refractivity contribution in [3.8, 4) is 0 Å². The molecule has 0 unspecified atom stereocenters. The minimum absolute atomic E-state index is 0.105. The first-order chi connectivity index (χ1) is 9.93. The van der Waals surface area contributed by atoms with E-state index in [1.165, 1.54) is 0 Å². The van der Waals surface area contributed by atoms with E-state index >= 15 is 0 Å². The Balaban J connectivity index is 2.83. The Morgan fingerprint density at radius 3 is 2.19 bits per heavy atom. The molecule has 0 aliphatic heterocycles. The zero-order valence-corrected chi connectivity index (χ0v) is 14.2. The number of nitrogens with zero attached hydrogens (tertiary/aromatic N) is 1. The second-order valence-corrected chi connectivity index (χ2v) is 6.66. The highest BCUT2D eigenvalue weighted by atomic mass is 19.1. The Morgan fingerprint density at radius 1 is 1.10 bits per heavy atom. The highest BCUT2D eigenvalue weighted by Crippen LogP contribution is 2.23. The van der Waals surface area contributed by atoms with E-state index in [9.17, 15) is 4.39 Å². The number of hydrogen-bond donors (Lipinski definition) is 1. The molecule has 0 aliphatic rings. The van der Waals surface area contributed by atoms with Gasteiger partial charge in [-0.05, 0) is 42.5 Å². The minimum atomic E-state index is -0.105. The van der Waals surface area contributed by atoms with Gasteiger partial charge < -0.3 is 10.2 Å². The van der Waals surface area contributed by atoms with Gasteiger partial charge in [0.2, 0.25) is 0 Å². The normalized spacial score (nSPS) is 11.4. The van der Waals surface area contributed by atoms with Gasteiger partial charge in [0.1, 0.15) is 5.82 Å². The minimum Gasteiger partial charge on any atom is -0.369 e. The van der Waals surface area contributed by atoms with Crippen LogP contribution in [0.5, 0.6) is 0 Å². The molecule has 0 bridgehead atoms. The van der Waals surface area contributed by atoms with Crippen molar-refractivity contribution in [1.29, 1.82) is 0 Å². The first-order valence-corrected chi connectivity index (χ1v) is 8.18. The Bertz CT molecular complexity index is 406. The van der Waals surface area contributed by atoms with Crippen molar-refractivity contribution in [3.63, 3.8) is 0 Å². The Kier molecular flexibility index (Phi) is 7.73. The van der Waals surface area contributed by atoms with Gasteiger partial charge in [-0.2, -0.15) is 0 Å². The molecule has 2 nitrogen and oxygen atoms in total. The number of nitrogens with one attached hydrogen (secondary N) is 1. The average molecular weight is 294 g/mol. The quantitative estimate of drug-likeness (QED) is 0.677. The molecule has 0 fully saturated rings. The average Bonchev–Trinajstić information content (AvgIpc) is 2.37. The summed E-state index contributed by atoms with van der Waals surface area (Å²) in [5.41, 5.74) is 1.75. The molecule has 0 aromatic heterocycles. The van der Waals surface area contributed by atoms with Crippen molar-refractivity contribution in [2.45, 2.75) is 47.6 Å². The van der Waals surface area contributed by atoms with E-state index in [-0.39, 0.29) is 5.82 Å². The van der Waals surface area contributed by atoms with Crippen molar-refractivity contribution in [2.75, 3.05) is 24.5 Å². The molecule has 3 heteroatoms. The largest absolute Gasteiger partial charge is 0.369 e. The van der Waals surface area contributed by atoms with Crippen LogP contribution in [0.15, 0.2) is 18.2 Å². The van der Waals surface area contributed by atoms with E-state index in [0.29, 0.717) is 11.8 Å². The Hall–Kier alpha value is -1.09. The fraction of sp³-hybridized carbons (Fsp3) is 0.667. The first kappa shape index (κ1) is 18.0. The van der Waals surface area contributed by atoms with Gasteiger partial charge >= 0.3 is 0 Å². The van der Waals surface area contributed by atoms with Crippen molar-refractivity contribution >= 4 is 5.69 Å². The summed E-state index contributed by atoms with van der Waals surface area (Å²) in [6, 6.07) is 5.64. The zero-order valence-electron chi connectivity index (χ0n) is 14.2. The van der Waals surface area contributed by atoms with Crippen molar-refractivity contribution in [2.24, 2.45) is 11.8 Å². The van der Waals surface area contributed by atoms with E-state index < -0.39 is 0 Å². The fourth-order valence-electron chi connectivity index (χ4n) is 2.48. The maximum atomic E-state index is 14.4. The lowest BCUT2D eigenvalue weighted by atomic mass is 10.1. The SMILES string of the molecule is CCCNCc1ccc(N(CC(C)C)CC(C)C)c(F)c1. The molecule has 1 N–H and O–H groups in total. The van der Waals surface area contributed by atoms with Crippen LogP contribution in [0.25, 0.3) is 0 Å². The lowest BCUT2D eigenvalue weighted by molar-refractivity contribution is 0.537. The molecular formula is C18H31FN2. The maximum absolute atomic E-state index is 14.4. The smallest absolute Gasteiger partial charge is 0.146 e. The van der Waals surface area contributed by atoms with Crippen LogP contribution >= 0.6 is 0 Å². The molecule has 1 aromatic rings.